The lowest BCUT2D eigenvalue weighted by Gasteiger charge is -2.05. The zero-order valence-electron chi connectivity index (χ0n) is 6.64. The molecular formula is C8H7N3O2. The fourth-order valence-electron chi connectivity index (χ4n) is 1.09. The third-order valence-electron chi connectivity index (χ3n) is 1.73. The largest absolute Gasteiger partial charge is 0.508 e. The highest BCUT2D eigenvalue weighted by Gasteiger charge is 2.18. The first-order valence-electron chi connectivity index (χ1n) is 3.76. The van der Waals surface area contributed by atoms with Crippen LogP contribution in [0.2, 0.25) is 0 Å². The summed E-state index contributed by atoms with van der Waals surface area (Å²) in [7, 11) is 0. The molecule has 1 aliphatic heterocycles. The van der Waals surface area contributed by atoms with Crippen molar-refractivity contribution in [2.24, 2.45) is 10.2 Å². The first kappa shape index (κ1) is 7.72. The zero-order chi connectivity index (χ0) is 9.26. The first-order valence-corrected chi connectivity index (χ1v) is 3.76. The quantitative estimate of drug-likeness (QED) is 0.683. The zero-order valence-corrected chi connectivity index (χ0v) is 6.64. The number of carbonyl (C=O) groups excluding carboxylic acids is 1. The van der Waals surface area contributed by atoms with Crippen LogP contribution in [0.4, 0.5) is 4.79 Å². The van der Waals surface area contributed by atoms with E-state index in [0.717, 1.165) is 5.56 Å². The topological polar surface area (TPSA) is 74.0 Å². The van der Waals surface area contributed by atoms with Gasteiger partial charge in [0, 0.05) is 0 Å². The summed E-state index contributed by atoms with van der Waals surface area (Å²) in [5.74, 6) is 0.185. The smallest absolute Gasteiger partial charge is 0.361 e. The Bertz CT molecular complexity index is 358. The van der Waals surface area contributed by atoms with Crippen molar-refractivity contribution in [1.29, 1.82) is 0 Å². The Balaban J connectivity index is 2.22. The van der Waals surface area contributed by atoms with Crippen LogP contribution >= 0.6 is 0 Å². The van der Waals surface area contributed by atoms with Crippen LogP contribution in [0.25, 0.3) is 0 Å². The molecule has 1 heterocycles. The van der Waals surface area contributed by atoms with Crippen LogP contribution in [0.5, 0.6) is 5.75 Å². The van der Waals surface area contributed by atoms with Crippen molar-refractivity contribution < 1.29 is 9.90 Å². The van der Waals surface area contributed by atoms with Gasteiger partial charge in [0.2, 0.25) is 0 Å². The molecule has 1 unspecified atom stereocenters. The molecule has 0 bridgehead atoms. The van der Waals surface area contributed by atoms with E-state index in [1.807, 2.05) is 0 Å². The molecule has 2 N–H and O–H groups in total. The van der Waals surface area contributed by atoms with Gasteiger partial charge in [-0.1, -0.05) is 17.2 Å². The number of rotatable bonds is 1. The van der Waals surface area contributed by atoms with Crippen LogP contribution in [-0.4, -0.2) is 11.1 Å². The summed E-state index contributed by atoms with van der Waals surface area (Å²) >= 11 is 0. The number of hydrogen-bond acceptors (Lipinski definition) is 3. The van der Waals surface area contributed by atoms with Gasteiger partial charge in [-0.3, -0.25) is 0 Å². The molecule has 0 aliphatic carbocycles. The van der Waals surface area contributed by atoms with Gasteiger partial charge in [-0.05, 0) is 17.7 Å². The number of nitrogens with one attached hydrogen (secondary N) is 1. The highest BCUT2D eigenvalue weighted by atomic mass is 16.3. The van der Waals surface area contributed by atoms with E-state index in [2.05, 4.69) is 15.5 Å². The Labute approximate surface area is 74.1 Å². The molecule has 13 heavy (non-hydrogen) atoms. The third-order valence-corrected chi connectivity index (χ3v) is 1.73. The Morgan fingerprint density at radius 3 is 2.54 bits per heavy atom. The molecule has 1 aliphatic rings. The van der Waals surface area contributed by atoms with Gasteiger partial charge in [0.15, 0.2) is 6.17 Å². The lowest BCUT2D eigenvalue weighted by molar-refractivity contribution is 0.250. The van der Waals surface area contributed by atoms with Gasteiger partial charge >= 0.3 is 6.03 Å². The minimum atomic E-state index is -0.432. The number of hydrogen-bond donors (Lipinski definition) is 2. The lowest BCUT2D eigenvalue weighted by atomic mass is 10.2. The van der Waals surface area contributed by atoms with Gasteiger partial charge < -0.3 is 10.4 Å². The molecule has 1 atom stereocenters. The van der Waals surface area contributed by atoms with Crippen molar-refractivity contribution in [3.63, 3.8) is 0 Å². The molecule has 2 rings (SSSR count). The molecule has 0 aromatic heterocycles. The van der Waals surface area contributed by atoms with E-state index < -0.39 is 12.2 Å². The van der Waals surface area contributed by atoms with Crippen molar-refractivity contribution in [1.82, 2.24) is 5.32 Å². The van der Waals surface area contributed by atoms with Crippen LogP contribution < -0.4 is 5.32 Å². The second-order valence-electron chi connectivity index (χ2n) is 2.66. The van der Waals surface area contributed by atoms with Gasteiger partial charge in [-0.2, -0.15) is 5.11 Å². The maximum Gasteiger partial charge on any atom is 0.361 e. The third kappa shape index (κ3) is 1.48. The maximum atomic E-state index is 10.7. The van der Waals surface area contributed by atoms with Crippen LogP contribution in [0, 0.1) is 0 Å². The predicted octanol–water partition coefficient (Wildman–Crippen LogP) is 1.57. The maximum absolute atomic E-state index is 10.7. The Morgan fingerprint density at radius 2 is 2.00 bits per heavy atom. The second kappa shape index (κ2) is 2.85. The van der Waals surface area contributed by atoms with Gasteiger partial charge in [0.1, 0.15) is 5.75 Å². The van der Waals surface area contributed by atoms with Crippen molar-refractivity contribution >= 4 is 6.03 Å². The summed E-state index contributed by atoms with van der Waals surface area (Å²) in [5.41, 5.74) is 0.799. The second-order valence-corrected chi connectivity index (χ2v) is 2.66. The summed E-state index contributed by atoms with van der Waals surface area (Å²) < 4.78 is 0. The number of amides is 2. The van der Waals surface area contributed by atoms with Crippen LogP contribution in [0.3, 0.4) is 0 Å². The van der Waals surface area contributed by atoms with E-state index in [4.69, 9.17) is 5.11 Å². The molecule has 2 amide bonds. The summed E-state index contributed by atoms with van der Waals surface area (Å²) in [5, 5.41) is 18.6. The number of carbonyl (C=O) groups is 1. The van der Waals surface area contributed by atoms with Crippen molar-refractivity contribution in [3.8, 4) is 5.75 Å². The van der Waals surface area contributed by atoms with E-state index in [1.54, 1.807) is 12.1 Å². The van der Waals surface area contributed by atoms with Gasteiger partial charge in [0.25, 0.3) is 0 Å². The molecule has 5 nitrogen and oxygen atoms in total. The molecule has 0 radical (unpaired) electrons. The van der Waals surface area contributed by atoms with Crippen molar-refractivity contribution in [3.05, 3.63) is 29.8 Å². The van der Waals surface area contributed by atoms with E-state index in [0.29, 0.717) is 0 Å². The first-order chi connectivity index (χ1) is 6.25. The van der Waals surface area contributed by atoms with Crippen LogP contribution in [0.1, 0.15) is 11.7 Å². The Morgan fingerprint density at radius 1 is 1.31 bits per heavy atom. The standard InChI is InChI=1S/C8H7N3O2/c12-6-3-1-5(2-4-6)7-9-8(13)11-10-7/h1-4,7,12H,(H,9,13). The highest BCUT2D eigenvalue weighted by molar-refractivity contribution is 5.76. The number of phenolic OH excluding ortho intramolecular Hbond substituents is 1. The predicted molar refractivity (Wildman–Crippen MR) is 44.2 cm³/mol. The van der Waals surface area contributed by atoms with Gasteiger partial charge in [-0.15, -0.1) is 0 Å². The number of phenols is 1. The van der Waals surface area contributed by atoms with E-state index >= 15 is 0 Å². The van der Waals surface area contributed by atoms with E-state index in [1.165, 1.54) is 12.1 Å². The lowest BCUT2D eigenvalue weighted by Crippen LogP contribution is -2.17. The van der Waals surface area contributed by atoms with Crippen LogP contribution in [0.15, 0.2) is 34.5 Å². The molecular weight excluding hydrogens is 170 g/mol. The van der Waals surface area contributed by atoms with Crippen molar-refractivity contribution in [2.45, 2.75) is 6.17 Å². The molecule has 1 aromatic carbocycles. The summed E-state index contributed by atoms with van der Waals surface area (Å²) in [4.78, 5) is 10.7. The molecule has 66 valence electrons. The SMILES string of the molecule is O=C1N=NC(c2ccc(O)cc2)N1. The average molecular weight is 177 g/mol. The average Bonchev–Trinajstić information content (AvgIpc) is 2.53. The summed E-state index contributed by atoms with van der Waals surface area (Å²) in [6, 6.07) is 6.01. The molecule has 0 spiro atoms. The number of nitrogens with zero attached hydrogens (tertiary/aromatic N) is 2. The molecule has 0 fully saturated rings. The fraction of sp³-hybridized carbons (Fsp3) is 0.125. The monoisotopic (exact) mass is 177 g/mol. The minimum absolute atomic E-state index is 0.185. The fourth-order valence-corrected chi connectivity index (χ4v) is 1.09. The highest BCUT2D eigenvalue weighted by Crippen LogP contribution is 2.20. The Kier molecular flexibility index (Phi) is 1.70. The minimum Gasteiger partial charge on any atom is -0.508 e. The molecule has 0 saturated carbocycles. The number of urea groups is 1. The summed E-state index contributed by atoms with van der Waals surface area (Å²) in [6.45, 7) is 0. The number of azo groups is 1. The van der Waals surface area contributed by atoms with E-state index in [9.17, 15) is 4.79 Å². The van der Waals surface area contributed by atoms with Gasteiger partial charge in [-0.25, -0.2) is 4.79 Å². The molecule has 5 heteroatoms. The summed E-state index contributed by atoms with van der Waals surface area (Å²) in [6.07, 6.45) is -0.409. The molecule has 1 aromatic rings. The van der Waals surface area contributed by atoms with Crippen molar-refractivity contribution in [2.75, 3.05) is 0 Å². The molecule has 0 saturated heterocycles. The number of benzene rings is 1. The number of aromatic hydroxyl groups is 1. The normalized spacial score (nSPS) is 20.3. The Hall–Kier alpha value is -1.91. The van der Waals surface area contributed by atoms with E-state index in [-0.39, 0.29) is 5.75 Å². The van der Waals surface area contributed by atoms with Crippen LogP contribution in [-0.2, 0) is 0 Å². The van der Waals surface area contributed by atoms with Gasteiger partial charge in [0.05, 0.1) is 0 Å².